The summed E-state index contributed by atoms with van der Waals surface area (Å²) < 4.78 is 1.04. The lowest BCUT2D eigenvalue weighted by molar-refractivity contribution is -0.117. The summed E-state index contributed by atoms with van der Waals surface area (Å²) in [6.45, 7) is 0.659. The molecule has 1 aromatic heterocycles. The zero-order chi connectivity index (χ0) is 13.4. The van der Waals surface area contributed by atoms with Crippen LogP contribution in [0.25, 0.3) is 11.3 Å². The number of benzene rings is 1. The number of H-pyrrole nitrogens is 1. The van der Waals surface area contributed by atoms with Gasteiger partial charge in [-0.25, -0.2) is 4.98 Å². The van der Waals surface area contributed by atoms with Crippen molar-refractivity contribution in [3.05, 3.63) is 34.9 Å². The highest BCUT2D eigenvalue weighted by atomic mass is 79.9. The van der Waals surface area contributed by atoms with Crippen molar-refractivity contribution < 1.29 is 4.79 Å². The topological polar surface area (TPSA) is 49.0 Å². The first kappa shape index (κ1) is 12.9. The molecule has 19 heavy (non-hydrogen) atoms. The predicted molar refractivity (Wildman–Crippen MR) is 81.4 cm³/mol. The van der Waals surface area contributed by atoms with E-state index in [0.29, 0.717) is 18.9 Å². The minimum atomic E-state index is 0.0959. The largest absolute Gasteiger partial charge is 0.324 e. The van der Waals surface area contributed by atoms with Gasteiger partial charge >= 0.3 is 0 Å². The highest BCUT2D eigenvalue weighted by Crippen LogP contribution is 2.26. The Morgan fingerprint density at radius 3 is 2.68 bits per heavy atom. The number of nitrogens with one attached hydrogen (secondary N) is 1. The molecular weight excluding hydrogens is 374 g/mol. The number of nitrogens with zero attached hydrogens (tertiary/aromatic N) is 2. The standard InChI is InChI=1S/C13H11Br2N3O/c14-9-3-1-8(2-4-9)11-6-16-13(17-11)18-7-10(15)5-12(18)19/h1-4,6,10H,5,7H2,(H,16,17). The Labute approximate surface area is 127 Å². The molecule has 1 amide bonds. The van der Waals surface area contributed by atoms with Crippen molar-refractivity contribution in [1.29, 1.82) is 0 Å². The Bertz CT molecular complexity index is 609. The van der Waals surface area contributed by atoms with Crippen molar-refractivity contribution in [2.24, 2.45) is 0 Å². The summed E-state index contributed by atoms with van der Waals surface area (Å²) in [7, 11) is 0. The smallest absolute Gasteiger partial charge is 0.230 e. The first-order chi connectivity index (χ1) is 9.13. The zero-order valence-electron chi connectivity index (χ0n) is 9.94. The molecule has 3 rings (SSSR count). The molecule has 0 bridgehead atoms. The number of carbonyl (C=O) groups is 1. The fourth-order valence-corrected chi connectivity index (χ4v) is 2.92. The molecule has 1 aliphatic heterocycles. The lowest BCUT2D eigenvalue weighted by Crippen LogP contribution is -2.25. The fraction of sp³-hybridized carbons (Fsp3) is 0.231. The molecule has 1 aliphatic rings. The van der Waals surface area contributed by atoms with Crippen molar-refractivity contribution in [2.45, 2.75) is 11.2 Å². The normalized spacial score (nSPS) is 19.2. The molecule has 0 aliphatic carbocycles. The van der Waals surface area contributed by atoms with E-state index in [1.165, 1.54) is 0 Å². The van der Waals surface area contributed by atoms with Crippen molar-refractivity contribution in [3.8, 4) is 11.3 Å². The van der Waals surface area contributed by atoms with Crippen LogP contribution in [0.4, 0.5) is 5.95 Å². The molecule has 98 valence electrons. The Morgan fingerprint density at radius 1 is 1.32 bits per heavy atom. The van der Waals surface area contributed by atoms with Gasteiger partial charge in [0.15, 0.2) is 0 Å². The maximum Gasteiger partial charge on any atom is 0.230 e. The van der Waals surface area contributed by atoms with Crippen molar-refractivity contribution in [3.63, 3.8) is 0 Å². The van der Waals surface area contributed by atoms with E-state index in [0.717, 1.165) is 15.7 Å². The van der Waals surface area contributed by atoms with Gasteiger partial charge in [-0.15, -0.1) is 0 Å². The second kappa shape index (κ2) is 5.09. The van der Waals surface area contributed by atoms with Crippen LogP contribution in [0.15, 0.2) is 34.9 Å². The van der Waals surface area contributed by atoms with E-state index in [-0.39, 0.29) is 10.7 Å². The number of anilines is 1. The molecule has 6 heteroatoms. The molecule has 2 aromatic rings. The van der Waals surface area contributed by atoms with Crippen LogP contribution in [-0.4, -0.2) is 27.2 Å². The van der Waals surface area contributed by atoms with Gasteiger partial charge in [0.1, 0.15) is 0 Å². The number of amides is 1. The molecule has 0 saturated carbocycles. The van der Waals surface area contributed by atoms with E-state index in [1.54, 1.807) is 11.1 Å². The summed E-state index contributed by atoms with van der Waals surface area (Å²) in [5.41, 5.74) is 1.96. The van der Waals surface area contributed by atoms with E-state index >= 15 is 0 Å². The van der Waals surface area contributed by atoms with Crippen LogP contribution < -0.4 is 4.90 Å². The third kappa shape index (κ3) is 2.60. The minimum absolute atomic E-state index is 0.0959. The summed E-state index contributed by atoms with van der Waals surface area (Å²) in [5.74, 6) is 0.712. The highest BCUT2D eigenvalue weighted by Gasteiger charge is 2.30. The number of hydrogen-bond acceptors (Lipinski definition) is 2. The number of aromatic amines is 1. The first-order valence-electron chi connectivity index (χ1n) is 5.89. The monoisotopic (exact) mass is 383 g/mol. The average Bonchev–Trinajstić information content (AvgIpc) is 2.97. The maximum atomic E-state index is 11.8. The van der Waals surface area contributed by atoms with Gasteiger partial charge in [-0.05, 0) is 17.7 Å². The average molecular weight is 385 g/mol. The van der Waals surface area contributed by atoms with Crippen LogP contribution in [0.2, 0.25) is 0 Å². The van der Waals surface area contributed by atoms with Gasteiger partial charge in [-0.3, -0.25) is 9.69 Å². The summed E-state index contributed by atoms with van der Waals surface area (Å²) in [5, 5.41) is 0. The Kier molecular flexibility index (Phi) is 3.45. The third-order valence-corrected chi connectivity index (χ3v) is 4.19. The Balaban J connectivity index is 1.87. The Morgan fingerprint density at radius 2 is 2.05 bits per heavy atom. The zero-order valence-corrected chi connectivity index (χ0v) is 13.1. The highest BCUT2D eigenvalue weighted by molar-refractivity contribution is 9.10. The van der Waals surface area contributed by atoms with Gasteiger partial charge in [0.05, 0.1) is 11.9 Å². The van der Waals surface area contributed by atoms with Crippen molar-refractivity contribution >= 4 is 43.7 Å². The minimum Gasteiger partial charge on any atom is -0.324 e. The van der Waals surface area contributed by atoms with Gasteiger partial charge in [0.2, 0.25) is 11.9 Å². The van der Waals surface area contributed by atoms with Crippen LogP contribution in [0.1, 0.15) is 6.42 Å². The quantitative estimate of drug-likeness (QED) is 0.807. The van der Waals surface area contributed by atoms with Gasteiger partial charge < -0.3 is 4.98 Å². The molecule has 4 nitrogen and oxygen atoms in total. The number of aromatic nitrogens is 2. The van der Waals surface area contributed by atoms with Gasteiger partial charge in [-0.2, -0.15) is 0 Å². The van der Waals surface area contributed by atoms with E-state index in [9.17, 15) is 4.79 Å². The molecule has 0 radical (unpaired) electrons. The molecule has 1 N–H and O–H groups in total. The predicted octanol–water partition coefficient (Wildman–Crippen LogP) is 3.34. The number of hydrogen-bond donors (Lipinski definition) is 1. The third-order valence-electron chi connectivity index (χ3n) is 3.05. The molecule has 1 atom stereocenters. The van der Waals surface area contributed by atoms with Gasteiger partial charge in [-0.1, -0.05) is 44.0 Å². The second-order valence-electron chi connectivity index (χ2n) is 4.43. The van der Waals surface area contributed by atoms with E-state index < -0.39 is 0 Å². The molecule has 0 spiro atoms. The SMILES string of the molecule is O=C1CC(Br)CN1c1ncc(-c2ccc(Br)cc2)[nH]1. The summed E-state index contributed by atoms with van der Waals surface area (Å²) >= 11 is 6.87. The van der Waals surface area contributed by atoms with Crippen LogP contribution in [-0.2, 0) is 4.79 Å². The van der Waals surface area contributed by atoms with Crippen molar-refractivity contribution in [1.82, 2.24) is 9.97 Å². The molecular formula is C13H11Br2N3O. The molecule has 1 aromatic carbocycles. The van der Waals surface area contributed by atoms with Crippen molar-refractivity contribution in [2.75, 3.05) is 11.4 Å². The van der Waals surface area contributed by atoms with Gasteiger partial charge in [0.25, 0.3) is 0 Å². The van der Waals surface area contributed by atoms with Crippen LogP contribution >= 0.6 is 31.9 Å². The summed E-state index contributed by atoms with van der Waals surface area (Å²) in [4.78, 5) is 21.2. The maximum absolute atomic E-state index is 11.8. The van der Waals surface area contributed by atoms with E-state index in [1.807, 2.05) is 24.3 Å². The number of alkyl halides is 1. The summed E-state index contributed by atoms with van der Waals surface area (Å²) in [6.07, 6.45) is 2.28. The Hall–Kier alpha value is -1.14. The van der Waals surface area contributed by atoms with Crippen LogP contribution in [0.5, 0.6) is 0 Å². The second-order valence-corrected chi connectivity index (χ2v) is 6.64. The van der Waals surface area contributed by atoms with Gasteiger partial charge in [0, 0.05) is 22.3 Å². The lowest BCUT2D eigenvalue weighted by atomic mass is 10.2. The van der Waals surface area contributed by atoms with E-state index in [4.69, 9.17) is 0 Å². The number of rotatable bonds is 2. The molecule has 1 fully saturated rings. The number of imidazole rings is 1. The molecule has 2 heterocycles. The fourth-order valence-electron chi connectivity index (χ4n) is 2.09. The summed E-state index contributed by atoms with van der Waals surface area (Å²) in [6, 6.07) is 7.96. The first-order valence-corrected chi connectivity index (χ1v) is 7.60. The lowest BCUT2D eigenvalue weighted by Gasteiger charge is -2.11. The molecule has 1 unspecified atom stereocenters. The van der Waals surface area contributed by atoms with E-state index in [2.05, 4.69) is 41.8 Å². The number of halogens is 2. The number of carbonyl (C=O) groups excluding carboxylic acids is 1. The van der Waals surface area contributed by atoms with Crippen LogP contribution in [0, 0.1) is 0 Å². The molecule has 1 saturated heterocycles. The van der Waals surface area contributed by atoms with Crippen LogP contribution in [0.3, 0.4) is 0 Å².